The number of hydrogen-bond acceptors (Lipinski definition) is 6. The van der Waals surface area contributed by atoms with Crippen molar-refractivity contribution in [1.82, 2.24) is 25.1 Å². The van der Waals surface area contributed by atoms with Crippen LogP contribution in [-0.4, -0.2) is 48.8 Å². The van der Waals surface area contributed by atoms with E-state index in [1.54, 1.807) is 48.9 Å². The molecule has 9 nitrogen and oxygen atoms in total. The lowest BCUT2D eigenvalue weighted by Gasteiger charge is -2.22. The van der Waals surface area contributed by atoms with Gasteiger partial charge in [0.1, 0.15) is 5.69 Å². The van der Waals surface area contributed by atoms with Gasteiger partial charge in [0.05, 0.1) is 17.9 Å². The van der Waals surface area contributed by atoms with Gasteiger partial charge in [-0.2, -0.15) is 5.10 Å². The highest BCUT2D eigenvalue weighted by Gasteiger charge is 2.28. The summed E-state index contributed by atoms with van der Waals surface area (Å²) >= 11 is 0. The number of amides is 2. The van der Waals surface area contributed by atoms with Gasteiger partial charge in [-0.1, -0.05) is 6.07 Å². The quantitative estimate of drug-likeness (QED) is 0.532. The molecular weight excluding hydrogens is 348 g/mol. The molecule has 0 spiro atoms. The highest BCUT2D eigenvalue weighted by atomic mass is 16.3. The summed E-state index contributed by atoms with van der Waals surface area (Å²) in [6.45, 7) is 0. The van der Waals surface area contributed by atoms with E-state index in [-0.39, 0.29) is 12.1 Å². The Morgan fingerprint density at radius 1 is 1.11 bits per heavy atom. The molecule has 3 rings (SSSR count). The van der Waals surface area contributed by atoms with Gasteiger partial charge in [-0.05, 0) is 30.3 Å². The van der Waals surface area contributed by atoms with Crippen LogP contribution in [0.5, 0.6) is 0 Å². The number of aromatic nitrogens is 4. The average molecular weight is 366 g/mol. The number of primary amides is 1. The molecule has 0 bridgehead atoms. The van der Waals surface area contributed by atoms with Gasteiger partial charge in [-0.25, -0.2) is 4.68 Å². The molecule has 27 heavy (non-hydrogen) atoms. The Balaban J connectivity index is 1.83. The fourth-order valence-electron chi connectivity index (χ4n) is 2.59. The van der Waals surface area contributed by atoms with Crippen molar-refractivity contribution in [3.63, 3.8) is 0 Å². The first-order chi connectivity index (χ1) is 13.1. The number of nitrogens with one attached hydrogen (secondary N) is 1. The van der Waals surface area contributed by atoms with E-state index in [2.05, 4.69) is 20.4 Å². The van der Waals surface area contributed by atoms with E-state index < -0.39 is 24.0 Å². The van der Waals surface area contributed by atoms with E-state index in [1.165, 1.54) is 16.9 Å². The lowest BCUT2D eigenvalue weighted by molar-refractivity contribution is -0.127. The summed E-state index contributed by atoms with van der Waals surface area (Å²) in [6.07, 6.45) is 4.81. The minimum absolute atomic E-state index is 0.139. The normalized spacial score (nSPS) is 12.9. The topological polar surface area (TPSA) is 136 Å². The molecule has 0 saturated heterocycles. The first-order valence-electron chi connectivity index (χ1n) is 8.19. The highest BCUT2D eigenvalue weighted by Crippen LogP contribution is 2.11. The maximum atomic E-state index is 12.8. The molecule has 0 fully saturated rings. The lowest BCUT2D eigenvalue weighted by atomic mass is 10.0. The third kappa shape index (κ3) is 4.33. The monoisotopic (exact) mass is 366 g/mol. The van der Waals surface area contributed by atoms with Crippen molar-refractivity contribution in [1.29, 1.82) is 0 Å². The number of carbonyl (C=O) groups excluding carboxylic acids is 2. The smallest absolute Gasteiger partial charge is 0.270 e. The van der Waals surface area contributed by atoms with Gasteiger partial charge in [-0.15, -0.1) is 0 Å². The SMILES string of the molecule is NC(=O)C(O)C(Cc1ccccn1)NC(=O)c1ccnn1-c1ccncc1. The standard InChI is InChI=1S/C18H18N6O3/c19-17(26)16(25)14(11-12-3-1-2-7-21-12)23-18(27)15-6-10-22-24(15)13-4-8-20-9-5-13/h1-10,14,16,25H,11H2,(H2,19,26)(H,23,27). The van der Waals surface area contributed by atoms with E-state index in [0.29, 0.717) is 11.4 Å². The predicted molar refractivity (Wildman–Crippen MR) is 95.8 cm³/mol. The fraction of sp³-hybridized carbons (Fsp3) is 0.167. The first-order valence-corrected chi connectivity index (χ1v) is 8.19. The van der Waals surface area contributed by atoms with Crippen LogP contribution in [0.25, 0.3) is 5.69 Å². The van der Waals surface area contributed by atoms with Crippen LogP contribution in [0.3, 0.4) is 0 Å². The molecule has 138 valence electrons. The van der Waals surface area contributed by atoms with Crippen molar-refractivity contribution in [3.05, 3.63) is 72.6 Å². The first kappa shape index (κ1) is 18.2. The zero-order chi connectivity index (χ0) is 19.2. The van der Waals surface area contributed by atoms with Crippen LogP contribution in [0, 0.1) is 0 Å². The summed E-state index contributed by atoms with van der Waals surface area (Å²) in [5.74, 6) is -1.44. The predicted octanol–water partition coefficient (Wildman–Crippen LogP) is -0.150. The Kier molecular flexibility index (Phi) is 5.53. The van der Waals surface area contributed by atoms with E-state index in [0.717, 1.165) is 0 Å². The van der Waals surface area contributed by atoms with E-state index in [9.17, 15) is 14.7 Å². The number of pyridine rings is 2. The van der Waals surface area contributed by atoms with Crippen LogP contribution in [0.1, 0.15) is 16.2 Å². The maximum Gasteiger partial charge on any atom is 0.270 e. The van der Waals surface area contributed by atoms with Crippen LogP contribution in [0.4, 0.5) is 0 Å². The van der Waals surface area contributed by atoms with Gasteiger partial charge in [-0.3, -0.25) is 19.6 Å². The van der Waals surface area contributed by atoms with Gasteiger partial charge in [0.2, 0.25) is 5.91 Å². The van der Waals surface area contributed by atoms with Gasteiger partial charge < -0.3 is 16.2 Å². The Morgan fingerprint density at radius 2 is 1.89 bits per heavy atom. The zero-order valence-corrected chi connectivity index (χ0v) is 14.3. The molecule has 0 radical (unpaired) electrons. The van der Waals surface area contributed by atoms with Crippen LogP contribution in [0.15, 0.2) is 61.2 Å². The summed E-state index contributed by atoms with van der Waals surface area (Å²) in [4.78, 5) is 32.3. The third-order valence-corrected chi connectivity index (χ3v) is 3.93. The number of nitrogens with two attached hydrogens (primary N) is 1. The van der Waals surface area contributed by atoms with Gasteiger partial charge in [0.25, 0.3) is 5.91 Å². The van der Waals surface area contributed by atoms with Crippen molar-refractivity contribution in [2.75, 3.05) is 0 Å². The summed E-state index contributed by atoms with van der Waals surface area (Å²) in [6, 6.07) is 9.25. The molecule has 2 atom stereocenters. The second kappa shape index (κ2) is 8.19. The molecule has 0 aliphatic carbocycles. The minimum atomic E-state index is -1.56. The molecular formula is C18H18N6O3. The highest BCUT2D eigenvalue weighted by molar-refractivity contribution is 5.94. The fourth-order valence-corrected chi connectivity index (χ4v) is 2.59. The summed E-state index contributed by atoms with van der Waals surface area (Å²) in [5.41, 5.74) is 6.71. The molecule has 0 aliphatic rings. The zero-order valence-electron chi connectivity index (χ0n) is 14.3. The second-order valence-electron chi connectivity index (χ2n) is 5.79. The molecule has 9 heteroatoms. The Hall–Kier alpha value is -3.59. The molecule has 0 aromatic carbocycles. The Labute approximate surface area is 154 Å². The largest absolute Gasteiger partial charge is 0.381 e. The number of aliphatic hydroxyl groups is 1. The third-order valence-electron chi connectivity index (χ3n) is 3.93. The molecule has 3 aromatic heterocycles. The van der Waals surface area contributed by atoms with Crippen molar-refractivity contribution >= 4 is 11.8 Å². The van der Waals surface area contributed by atoms with Crippen LogP contribution >= 0.6 is 0 Å². The van der Waals surface area contributed by atoms with Gasteiger partial charge in [0.15, 0.2) is 6.10 Å². The van der Waals surface area contributed by atoms with E-state index in [1.807, 2.05) is 0 Å². The number of rotatable bonds is 7. The molecule has 4 N–H and O–H groups in total. The van der Waals surface area contributed by atoms with Crippen LogP contribution in [0.2, 0.25) is 0 Å². The number of hydrogen-bond donors (Lipinski definition) is 3. The summed E-state index contributed by atoms with van der Waals surface area (Å²) < 4.78 is 1.44. The molecule has 2 unspecified atom stereocenters. The molecule has 3 aromatic rings. The van der Waals surface area contributed by atoms with Gasteiger partial charge in [0, 0.05) is 30.7 Å². The number of carbonyl (C=O) groups is 2. The summed E-state index contributed by atoms with van der Waals surface area (Å²) in [7, 11) is 0. The molecule has 3 heterocycles. The maximum absolute atomic E-state index is 12.8. The number of nitrogens with zero attached hydrogens (tertiary/aromatic N) is 4. The minimum Gasteiger partial charge on any atom is -0.381 e. The second-order valence-corrected chi connectivity index (χ2v) is 5.79. The average Bonchev–Trinajstić information content (AvgIpc) is 3.18. The Morgan fingerprint density at radius 3 is 2.56 bits per heavy atom. The van der Waals surface area contributed by atoms with Gasteiger partial charge >= 0.3 is 0 Å². The molecule has 2 amide bonds. The van der Waals surface area contributed by atoms with Crippen LogP contribution in [-0.2, 0) is 11.2 Å². The van der Waals surface area contributed by atoms with Crippen molar-refractivity contribution in [2.45, 2.75) is 18.6 Å². The van der Waals surface area contributed by atoms with E-state index in [4.69, 9.17) is 5.73 Å². The molecule has 0 aliphatic heterocycles. The Bertz CT molecular complexity index is 913. The van der Waals surface area contributed by atoms with Crippen molar-refractivity contribution < 1.29 is 14.7 Å². The van der Waals surface area contributed by atoms with E-state index >= 15 is 0 Å². The number of aliphatic hydroxyl groups excluding tert-OH is 1. The summed E-state index contributed by atoms with van der Waals surface area (Å²) in [5, 5.41) is 16.9. The van der Waals surface area contributed by atoms with Crippen molar-refractivity contribution in [2.24, 2.45) is 5.73 Å². The van der Waals surface area contributed by atoms with Crippen LogP contribution < -0.4 is 11.1 Å². The lowest BCUT2D eigenvalue weighted by Crippen LogP contribution is -2.50. The molecule has 0 saturated carbocycles. The van der Waals surface area contributed by atoms with Crippen molar-refractivity contribution in [3.8, 4) is 5.69 Å².